The van der Waals surface area contributed by atoms with Crippen LogP contribution in [0, 0.1) is 0 Å². The maximum Gasteiger partial charge on any atom is 0.460 e. The van der Waals surface area contributed by atoms with Gasteiger partial charge in [-0.05, 0) is 72.8 Å². The predicted molar refractivity (Wildman–Crippen MR) is 220 cm³/mol. The molecule has 3 atom stereocenters. The fraction of sp³-hybridized carbons (Fsp3) is 0.143. The fourth-order valence-corrected chi connectivity index (χ4v) is 11.6. The summed E-state index contributed by atoms with van der Waals surface area (Å²) in [5.74, 6) is 4.04. The summed E-state index contributed by atoms with van der Waals surface area (Å²) in [5.41, 5.74) is 0. The summed E-state index contributed by atoms with van der Waals surface area (Å²) in [6, 6.07) is 47.6. The van der Waals surface area contributed by atoms with Crippen molar-refractivity contribution in [1.82, 2.24) is 0 Å². The molecule has 294 valence electrons. The molecule has 9 rings (SSSR count). The quantitative estimate of drug-likeness (QED) is 0.0608. The highest BCUT2D eigenvalue weighted by molar-refractivity contribution is 7.73. The molecule has 16 heteroatoms. The Kier molecular flexibility index (Phi) is 11.3. The van der Waals surface area contributed by atoms with Crippen molar-refractivity contribution in [2.24, 2.45) is 13.5 Å². The highest BCUT2D eigenvalue weighted by Gasteiger charge is 2.40. The van der Waals surface area contributed by atoms with Crippen LogP contribution in [0.3, 0.4) is 0 Å². The third kappa shape index (κ3) is 9.65. The zero-order valence-electron chi connectivity index (χ0n) is 30.8. The van der Waals surface area contributed by atoms with Gasteiger partial charge in [-0.3, -0.25) is 0 Å². The Morgan fingerprint density at radius 2 is 0.897 bits per heavy atom. The van der Waals surface area contributed by atoms with Crippen LogP contribution >= 0.6 is 23.8 Å². The molecule has 3 heterocycles. The van der Waals surface area contributed by atoms with E-state index in [-0.39, 0.29) is 32.2 Å². The van der Waals surface area contributed by atoms with E-state index >= 15 is 0 Å². The largest absolute Gasteiger partial charge is 0.487 e. The molecular formula is C42H36N3O10P3. The smallest absolute Gasteiger partial charge is 0.460 e. The van der Waals surface area contributed by atoms with Gasteiger partial charge in [-0.1, -0.05) is 89.4 Å². The number of ether oxygens (including phenoxy) is 6. The van der Waals surface area contributed by atoms with E-state index in [1.54, 1.807) is 36.4 Å². The maximum atomic E-state index is 6.97. The first-order valence-corrected chi connectivity index (χ1v) is 22.2. The van der Waals surface area contributed by atoms with Crippen LogP contribution in [-0.2, 0) is 9.47 Å². The number of hydrogen-bond donors (Lipinski definition) is 0. The third-order valence-electron chi connectivity index (χ3n) is 8.38. The van der Waals surface area contributed by atoms with Crippen molar-refractivity contribution in [3.63, 3.8) is 0 Å². The van der Waals surface area contributed by atoms with Gasteiger partial charge in [-0.15, -0.1) is 9.03 Å². The molecule has 0 N–H and O–H groups in total. The molecule has 2 fully saturated rings. The Hall–Kier alpha value is -5.80. The van der Waals surface area contributed by atoms with Crippen LogP contribution in [-0.4, -0.2) is 38.6 Å². The summed E-state index contributed by atoms with van der Waals surface area (Å²) >= 11 is 0. The van der Waals surface area contributed by atoms with Crippen molar-refractivity contribution in [3.8, 4) is 57.5 Å². The molecule has 6 aromatic rings. The lowest BCUT2D eigenvalue weighted by Gasteiger charge is -2.28. The lowest BCUT2D eigenvalue weighted by Crippen LogP contribution is -2.07. The van der Waals surface area contributed by atoms with Crippen molar-refractivity contribution in [1.29, 1.82) is 0 Å². The molecule has 13 nitrogen and oxygen atoms in total. The van der Waals surface area contributed by atoms with Gasteiger partial charge in [0.2, 0.25) is 5.75 Å². The molecule has 3 aliphatic rings. The van der Waals surface area contributed by atoms with E-state index in [0.717, 1.165) is 0 Å². The highest BCUT2D eigenvalue weighted by Crippen LogP contribution is 2.71. The van der Waals surface area contributed by atoms with Gasteiger partial charge in [-0.25, -0.2) is 0 Å². The molecule has 3 unspecified atom stereocenters. The second-order valence-corrected chi connectivity index (χ2v) is 17.9. The number of nitrogens with zero attached hydrogens (tertiary/aromatic N) is 3. The van der Waals surface area contributed by atoms with Gasteiger partial charge in [0.25, 0.3) is 0 Å². The van der Waals surface area contributed by atoms with Gasteiger partial charge in [0.15, 0.2) is 43.0 Å². The van der Waals surface area contributed by atoms with Crippen LogP contribution in [0.15, 0.2) is 171 Å². The molecule has 0 saturated carbocycles. The average molecular weight is 836 g/mol. The molecule has 0 radical (unpaired) electrons. The lowest BCUT2D eigenvalue weighted by atomic mass is 10.2. The van der Waals surface area contributed by atoms with Gasteiger partial charge in [-0.2, -0.15) is 0 Å². The first-order valence-electron chi connectivity index (χ1n) is 18.4. The normalized spacial score (nSPS) is 19.9. The lowest BCUT2D eigenvalue weighted by molar-refractivity contribution is 0.252. The van der Waals surface area contributed by atoms with E-state index in [9.17, 15) is 0 Å². The van der Waals surface area contributed by atoms with Gasteiger partial charge in [0, 0.05) is 0 Å². The number of benzene rings is 6. The Morgan fingerprint density at radius 1 is 0.466 bits per heavy atom. The first-order chi connectivity index (χ1) is 28.6. The number of epoxide rings is 2. The molecular weight excluding hydrogens is 799 g/mol. The van der Waals surface area contributed by atoms with Crippen LogP contribution in [0.25, 0.3) is 0 Å². The molecule has 2 saturated heterocycles. The van der Waals surface area contributed by atoms with Crippen LogP contribution in [0.4, 0.5) is 0 Å². The van der Waals surface area contributed by atoms with E-state index < -0.39 is 15.3 Å². The summed E-state index contributed by atoms with van der Waals surface area (Å²) in [7, 11) is -7.18. The van der Waals surface area contributed by atoms with Gasteiger partial charge in [0.05, 0.1) is 13.2 Å². The zero-order chi connectivity index (χ0) is 39.0. The zero-order valence-corrected chi connectivity index (χ0v) is 33.4. The van der Waals surface area contributed by atoms with Crippen molar-refractivity contribution < 1.29 is 46.5 Å². The first kappa shape index (κ1) is 37.8. The molecule has 6 aromatic carbocycles. The van der Waals surface area contributed by atoms with E-state index in [1.165, 1.54) is 0 Å². The summed E-state index contributed by atoms with van der Waals surface area (Å²) in [5, 5.41) is 0. The molecule has 0 bridgehead atoms. The summed E-state index contributed by atoms with van der Waals surface area (Å²) < 4.78 is 77.9. The standard InChI is InChI=1S/C42H36N3O10P3/c1-4-15-31(16-5-1)52-57(53-32-17-6-2-7-18-32)43-56-44-58(45-57,54-33-19-8-3-9-20-33)55-41-26-14-25-40(50-38-23-12-10-21-36(38)48-29-34-27-46-34)42(41)51-39-24-13-11-22-37(39)49-30-35-28-47-35/h1-26,34-35H,27-30H2. The SMILES string of the molecule is c1ccc(OP2(Oc3ccccc3)=NP(Oc3ccccc3)(Oc3cccc(Oc4ccccc4OCC4CO4)c3Oc3ccccc3OCC3CO3)=NP=N2)cc1. The highest BCUT2D eigenvalue weighted by atomic mass is 31.3. The van der Waals surface area contributed by atoms with E-state index in [2.05, 4.69) is 0 Å². The Balaban J connectivity index is 1.16. The minimum absolute atomic E-state index is 0.0267. The van der Waals surface area contributed by atoms with Crippen LogP contribution in [0.1, 0.15) is 0 Å². The molecule has 3 aliphatic heterocycles. The second kappa shape index (κ2) is 17.4. The Morgan fingerprint density at radius 3 is 1.41 bits per heavy atom. The molecule has 0 spiro atoms. The second-order valence-electron chi connectivity index (χ2n) is 12.9. The summed E-state index contributed by atoms with van der Waals surface area (Å²) in [6.45, 7) is 2.06. The minimum Gasteiger partial charge on any atom is -0.487 e. The van der Waals surface area contributed by atoms with E-state index in [0.29, 0.717) is 72.4 Å². The Labute approximate surface area is 336 Å². The molecule has 0 aromatic heterocycles. The molecule has 58 heavy (non-hydrogen) atoms. The summed E-state index contributed by atoms with van der Waals surface area (Å²) in [6.07, 6.45) is 0.0746. The van der Waals surface area contributed by atoms with E-state index in [1.807, 2.05) is 121 Å². The van der Waals surface area contributed by atoms with Crippen molar-refractivity contribution in [2.75, 3.05) is 26.4 Å². The van der Waals surface area contributed by atoms with Crippen molar-refractivity contribution in [2.45, 2.75) is 12.2 Å². The third-order valence-corrected chi connectivity index (χ3v) is 14.4. The number of hydrogen-bond acceptors (Lipinski definition) is 13. The number of rotatable bonds is 18. The Bertz CT molecular complexity index is 2440. The number of para-hydroxylation sites is 8. The molecule has 0 amide bonds. The van der Waals surface area contributed by atoms with Crippen LogP contribution in [0.5, 0.6) is 57.5 Å². The summed E-state index contributed by atoms with van der Waals surface area (Å²) in [4.78, 5) is 0. The minimum atomic E-state index is -3.80. The van der Waals surface area contributed by atoms with Crippen LogP contribution in [0.2, 0.25) is 0 Å². The average Bonchev–Trinajstić information content (AvgIpc) is 4.19. The molecule has 0 aliphatic carbocycles. The van der Waals surface area contributed by atoms with Crippen molar-refractivity contribution >= 4 is 23.8 Å². The fourth-order valence-electron chi connectivity index (χ4n) is 5.44. The monoisotopic (exact) mass is 835 g/mol. The van der Waals surface area contributed by atoms with Crippen LogP contribution < -0.4 is 37.0 Å². The van der Waals surface area contributed by atoms with E-state index in [4.69, 9.17) is 60.1 Å². The topological polar surface area (TPSA) is 136 Å². The van der Waals surface area contributed by atoms with Gasteiger partial charge in [0.1, 0.15) is 42.7 Å². The van der Waals surface area contributed by atoms with Crippen molar-refractivity contribution in [3.05, 3.63) is 158 Å². The predicted octanol–water partition coefficient (Wildman–Crippen LogP) is 12.4. The van der Waals surface area contributed by atoms with Gasteiger partial charge < -0.3 is 46.5 Å². The van der Waals surface area contributed by atoms with Gasteiger partial charge >= 0.3 is 15.3 Å². The maximum absolute atomic E-state index is 6.97.